The molecule has 40 heavy (non-hydrogen) atoms. The minimum absolute atomic E-state index is 0.0394. The van der Waals surface area contributed by atoms with Crippen LogP contribution in [0.2, 0.25) is 0 Å². The van der Waals surface area contributed by atoms with Crippen molar-refractivity contribution in [1.29, 1.82) is 0 Å². The van der Waals surface area contributed by atoms with E-state index in [4.69, 9.17) is 0 Å². The summed E-state index contributed by atoms with van der Waals surface area (Å²) in [4.78, 5) is 43.0. The Balaban J connectivity index is 1.47. The molecule has 0 unspecified atom stereocenters. The Bertz CT molecular complexity index is 1430. The number of allylic oxidation sites excluding steroid dienone is 4. The van der Waals surface area contributed by atoms with Crippen molar-refractivity contribution in [1.82, 2.24) is 0 Å². The van der Waals surface area contributed by atoms with Gasteiger partial charge in [-0.25, -0.2) is 0 Å². The van der Waals surface area contributed by atoms with Crippen molar-refractivity contribution < 1.29 is 19.5 Å². The highest BCUT2D eigenvalue weighted by Crippen LogP contribution is 2.51. The van der Waals surface area contributed by atoms with Crippen LogP contribution in [0.4, 0.5) is 11.4 Å². The minimum Gasteiger partial charge on any atom is -0.481 e. The maximum Gasteiger partial charge on any atom is 0.307 e. The van der Waals surface area contributed by atoms with E-state index in [9.17, 15) is 19.5 Å². The monoisotopic (exact) mass is 540 g/mol. The number of unbranched alkanes of at least 4 members (excludes halogenated alkanes) is 1. The normalized spacial score (nSPS) is 24.4. The average Bonchev–Trinajstić information content (AvgIpc) is 3.26. The fraction of sp³-hybridized carbons (Fsp3) is 0.441. The van der Waals surface area contributed by atoms with E-state index in [1.54, 1.807) is 0 Å². The maximum atomic E-state index is 13.6. The van der Waals surface area contributed by atoms with Gasteiger partial charge in [-0.2, -0.15) is 0 Å². The smallest absolute Gasteiger partial charge is 0.307 e. The highest BCUT2D eigenvalue weighted by Gasteiger charge is 2.51. The van der Waals surface area contributed by atoms with Gasteiger partial charge in [-0.05, 0) is 54.3 Å². The number of para-hydroxylation sites is 1. The SMILES string of the molecule is CCCCN1/C(=C\C2C(=O)C(/C=C3/N(CC)c4ccccc4C3(C)C)C2=O)C(C)(C)c2cc(CC(=O)O)ccc21. The van der Waals surface area contributed by atoms with Crippen LogP contribution in [0.1, 0.15) is 71.1 Å². The summed E-state index contributed by atoms with van der Waals surface area (Å²) in [6.07, 6.45) is 5.73. The number of Topliss-reactive ketones (excluding diaryl/α,β-unsaturated/α-hetero) is 2. The molecule has 5 rings (SSSR count). The number of hydrogen-bond donors (Lipinski definition) is 1. The Morgan fingerprint density at radius 1 is 0.850 bits per heavy atom. The molecule has 3 aliphatic rings. The summed E-state index contributed by atoms with van der Waals surface area (Å²) in [5.41, 5.74) is 6.36. The van der Waals surface area contributed by atoms with E-state index in [1.807, 2.05) is 42.5 Å². The molecule has 2 aromatic rings. The number of anilines is 2. The van der Waals surface area contributed by atoms with Gasteiger partial charge in [0.05, 0.1) is 18.3 Å². The van der Waals surface area contributed by atoms with Gasteiger partial charge in [-0.1, -0.05) is 71.4 Å². The summed E-state index contributed by atoms with van der Waals surface area (Å²) in [5.74, 6) is -2.48. The Morgan fingerprint density at radius 2 is 1.43 bits per heavy atom. The molecule has 0 spiro atoms. The van der Waals surface area contributed by atoms with E-state index < -0.39 is 23.2 Å². The molecule has 0 radical (unpaired) electrons. The number of benzene rings is 2. The van der Waals surface area contributed by atoms with Gasteiger partial charge in [0, 0.05) is 46.7 Å². The van der Waals surface area contributed by atoms with Crippen molar-refractivity contribution in [3.8, 4) is 0 Å². The topological polar surface area (TPSA) is 77.9 Å². The number of fused-ring (bicyclic) bond motifs is 2. The molecule has 2 aromatic carbocycles. The fourth-order valence-electron chi connectivity index (χ4n) is 6.76. The predicted octanol–water partition coefficient (Wildman–Crippen LogP) is 6.18. The van der Waals surface area contributed by atoms with Gasteiger partial charge in [-0.3, -0.25) is 14.4 Å². The third kappa shape index (κ3) is 4.29. The number of carboxylic acids is 1. The van der Waals surface area contributed by atoms with Gasteiger partial charge in [0.1, 0.15) is 0 Å². The number of aliphatic carboxylic acids is 1. The molecule has 0 bridgehead atoms. The van der Waals surface area contributed by atoms with Gasteiger partial charge in [-0.15, -0.1) is 0 Å². The molecule has 1 fully saturated rings. The van der Waals surface area contributed by atoms with Crippen molar-refractivity contribution >= 4 is 28.9 Å². The summed E-state index contributed by atoms with van der Waals surface area (Å²) < 4.78 is 0. The van der Waals surface area contributed by atoms with Crippen molar-refractivity contribution in [2.75, 3.05) is 22.9 Å². The number of likely N-dealkylation sites (N-methyl/N-ethyl adjacent to an activating group) is 1. The summed E-state index contributed by atoms with van der Waals surface area (Å²) in [7, 11) is 0. The Kier molecular flexibility index (Phi) is 7.01. The highest BCUT2D eigenvalue weighted by molar-refractivity contribution is 6.26. The van der Waals surface area contributed by atoms with Crippen molar-refractivity contribution in [3.63, 3.8) is 0 Å². The molecule has 6 nitrogen and oxygen atoms in total. The summed E-state index contributed by atoms with van der Waals surface area (Å²) in [5, 5.41) is 9.32. The fourth-order valence-corrected chi connectivity index (χ4v) is 6.76. The zero-order valence-corrected chi connectivity index (χ0v) is 24.5. The van der Waals surface area contributed by atoms with Gasteiger partial charge in [0.25, 0.3) is 0 Å². The lowest BCUT2D eigenvalue weighted by Crippen LogP contribution is -2.48. The zero-order chi connectivity index (χ0) is 29.0. The standard InChI is InChI=1S/C34H40N2O4/c1-7-9-16-36-27-15-14-21(18-30(37)38)17-25(27)34(5,6)29(36)20-23-31(39)22(32(23)40)19-28-33(3,4)24-12-10-11-13-26(24)35(28)8-2/h10-15,17,19-20,22-23H,7-9,16,18H2,1-6H3,(H,37,38)/b28-19+,29-20-. The number of rotatable bonds is 8. The second kappa shape index (κ2) is 10.1. The molecule has 0 amide bonds. The molecule has 1 N–H and O–H groups in total. The first-order valence-corrected chi connectivity index (χ1v) is 14.4. The number of nitrogens with zero attached hydrogens (tertiary/aromatic N) is 2. The van der Waals surface area contributed by atoms with E-state index in [-0.39, 0.29) is 23.4 Å². The van der Waals surface area contributed by atoms with Crippen LogP contribution in [0.25, 0.3) is 0 Å². The van der Waals surface area contributed by atoms with Crippen LogP contribution >= 0.6 is 0 Å². The lowest BCUT2D eigenvalue weighted by molar-refractivity contribution is -0.146. The molecule has 0 saturated heterocycles. The van der Waals surface area contributed by atoms with Crippen LogP contribution in [0, 0.1) is 11.8 Å². The first kappa shape index (κ1) is 27.9. The van der Waals surface area contributed by atoms with Crippen LogP contribution < -0.4 is 9.80 Å². The number of ketones is 2. The van der Waals surface area contributed by atoms with Gasteiger partial charge in [0.2, 0.25) is 0 Å². The molecule has 1 saturated carbocycles. The van der Waals surface area contributed by atoms with Crippen molar-refractivity contribution in [3.05, 3.63) is 82.7 Å². The van der Waals surface area contributed by atoms with E-state index >= 15 is 0 Å². The second-order valence-corrected chi connectivity index (χ2v) is 12.3. The largest absolute Gasteiger partial charge is 0.481 e. The summed E-state index contributed by atoms with van der Waals surface area (Å²) in [6, 6.07) is 14.1. The van der Waals surface area contributed by atoms with Crippen LogP contribution in [-0.2, 0) is 31.6 Å². The predicted molar refractivity (Wildman–Crippen MR) is 159 cm³/mol. The van der Waals surface area contributed by atoms with Gasteiger partial charge >= 0.3 is 5.97 Å². The number of carboxylic acid groups (broad SMARTS) is 1. The first-order chi connectivity index (χ1) is 18.9. The van der Waals surface area contributed by atoms with E-state index in [1.165, 1.54) is 5.56 Å². The Morgan fingerprint density at radius 3 is 2.02 bits per heavy atom. The third-order valence-electron chi connectivity index (χ3n) is 9.04. The molecule has 0 atom stereocenters. The Labute approximate surface area is 237 Å². The maximum absolute atomic E-state index is 13.6. The number of carbonyl (C=O) groups excluding carboxylic acids is 2. The second-order valence-electron chi connectivity index (χ2n) is 12.3. The number of carbonyl (C=O) groups is 3. The van der Waals surface area contributed by atoms with E-state index in [0.29, 0.717) is 0 Å². The number of hydrogen-bond acceptors (Lipinski definition) is 5. The molecule has 1 aliphatic carbocycles. The quantitative estimate of drug-likeness (QED) is 0.403. The van der Waals surface area contributed by atoms with Crippen LogP contribution in [0.5, 0.6) is 0 Å². The molecule has 2 aliphatic heterocycles. The minimum atomic E-state index is -0.865. The van der Waals surface area contributed by atoms with Crippen LogP contribution in [0.3, 0.4) is 0 Å². The average molecular weight is 541 g/mol. The van der Waals surface area contributed by atoms with E-state index in [0.717, 1.165) is 59.8 Å². The first-order valence-electron chi connectivity index (χ1n) is 14.4. The molecule has 210 valence electrons. The summed E-state index contributed by atoms with van der Waals surface area (Å²) >= 11 is 0. The van der Waals surface area contributed by atoms with Crippen molar-refractivity contribution in [2.24, 2.45) is 11.8 Å². The lowest BCUT2D eigenvalue weighted by atomic mass is 9.69. The molecule has 2 heterocycles. The molecular weight excluding hydrogens is 500 g/mol. The third-order valence-corrected chi connectivity index (χ3v) is 9.04. The van der Waals surface area contributed by atoms with E-state index in [2.05, 4.69) is 63.5 Å². The van der Waals surface area contributed by atoms with Gasteiger partial charge in [0.15, 0.2) is 11.6 Å². The van der Waals surface area contributed by atoms with Crippen LogP contribution in [-0.4, -0.2) is 35.7 Å². The zero-order valence-electron chi connectivity index (χ0n) is 24.5. The highest BCUT2D eigenvalue weighted by atomic mass is 16.4. The van der Waals surface area contributed by atoms with Gasteiger partial charge < -0.3 is 14.9 Å². The molecular formula is C34H40N2O4. The molecule has 6 heteroatoms. The van der Waals surface area contributed by atoms with Crippen molar-refractivity contribution in [2.45, 2.75) is 71.6 Å². The molecule has 0 aromatic heterocycles. The van der Waals surface area contributed by atoms with Crippen LogP contribution in [0.15, 0.2) is 66.0 Å². The lowest BCUT2D eigenvalue weighted by Gasteiger charge is -2.34. The summed E-state index contributed by atoms with van der Waals surface area (Å²) in [6.45, 7) is 14.3. The Hall–Kier alpha value is -3.67.